The third kappa shape index (κ3) is 4.87. The number of carbonyl (C=O) groups is 1. The minimum Gasteiger partial charge on any atom is -0.361 e. The van der Waals surface area contributed by atoms with Gasteiger partial charge in [0.1, 0.15) is 5.76 Å². The lowest BCUT2D eigenvalue weighted by molar-refractivity contribution is -0.121. The molecule has 2 N–H and O–H groups in total. The van der Waals surface area contributed by atoms with Gasteiger partial charge in [-0.1, -0.05) is 19.0 Å². The van der Waals surface area contributed by atoms with Gasteiger partial charge < -0.3 is 15.2 Å². The molecule has 0 bridgehead atoms. The summed E-state index contributed by atoms with van der Waals surface area (Å²) in [5, 5.41) is 10.0. The molecule has 0 fully saturated rings. The Kier molecular flexibility index (Phi) is 5.85. The Morgan fingerprint density at radius 1 is 1.39 bits per heavy atom. The maximum absolute atomic E-state index is 11.6. The summed E-state index contributed by atoms with van der Waals surface area (Å²) in [6, 6.07) is 0.468. The topological polar surface area (TPSA) is 67.2 Å². The average molecular weight is 253 g/mol. The zero-order valence-electron chi connectivity index (χ0n) is 11.7. The number of carbonyl (C=O) groups excluding carboxylic acids is 1. The Balaban J connectivity index is 2.21. The molecular formula is C13H23N3O2. The second-order valence-electron chi connectivity index (χ2n) is 4.79. The predicted octanol–water partition coefficient (Wildman–Crippen LogP) is 1.69. The summed E-state index contributed by atoms with van der Waals surface area (Å²) in [4.78, 5) is 11.6. The highest BCUT2D eigenvalue weighted by atomic mass is 16.5. The normalized spacial score (nSPS) is 10.9. The Morgan fingerprint density at radius 2 is 2.11 bits per heavy atom. The van der Waals surface area contributed by atoms with E-state index in [1.807, 2.05) is 13.8 Å². The highest BCUT2D eigenvalue weighted by molar-refractivity contribution is 5.75. The number of nitrogens with one attached hydrogen (secondary N) is 2. The molecule has 102 valence electrons. The molecule has 1 aromatic rings. The molecule has 0 aromatic carbocycles. The molecule has 1 aromatic heterocycles. The van der Waals surface area contributed by atoms with E-state index in [-0.39, 0.29) is 5.91 Å². The second-order valence-corrected chi connectivity index (χ2v) is 4.79. The number of amides is 1. The fourth-order valence-electron chi connectivity index (χ4n) is 1.67. The molecule has 5 nitrogen and oxygen atoms in total. The summed E-state index contributed by atoms with van der Waals surface area (Å²) in [6.07, 6.45) is 1.40. The third-order valence-electron chi connectivity index (χ3n) is 2.78. The van der Waals surface area contributed by atoms with Gasteiger partial charge in [-0.05, 0) is 26.8 Å². The summed E-state index contributed by atoms with van der Waals surface area (Å²) in [5.41, 5.74) is 1.82. The first-order valence-corrected chi connectivity index (χ1v) is 6.42. The van der Waals surface area contributed by atoms with E-state index in [0.717, 1.165) is 30.0 Å². The van der Waals surface area contributed by atoms with Crippen LogP contribution >= 0.6 is 0 Å². The van der Waals surface area contributed by atoms with Gasteiger partial charge in [0.05, 0.1) is 5.69 Å². The zero-order chi connectivity index (χ0) is 13.5. The average Bonchev–Trinajstić information content (AvgIpc) is 2.62. The first kappa shape index (κ1) is 14.7. The van der Waals surface area contributed by atoms with E-state index in [2.05, 4.69) is 29.6 Å². The lowest BCUT2D eigenvalue weighted by Crippen LogP contribution is -2.27. The van der Waals surface area contributed by atoms with Gasteiger partial charge in [-0.15, -0.1) is 0 Å². The van der Waals surface area contributed by atoms with Crippen molar-refractivity contribution in [3.63, 3.8) is 0 Å². The number of hydrogen-bond acceptors (Lipinski definition) is 4. The van der Waals surface area contributed by atoms with E-state index < -0.39 is 0 Å². The van der Waals surface area contributed by atoms with Gasteiger partial charge in [0.15, 0.2) is 0 Å². The Morgan fingerprint density at radius 3 is 2.67 bits per heavy atom. The molecule has 0 saturated heterocycles. The standard InChI is InChI=1S/C13H23N3O2/c1-9(2)14-7-5-6-13(17)15-8-12-10(3)16-18-11(12)4/h9,14H,5-8H2,1-4H3,(H,15,17). The first-order valence-electron chi connectivity index (χ1n) is 6.42. The van der Waals surface area contributed by atoms with E-state index in [1.165, 1.54) is 0 Å². The molecule has 0 aliphatic rings. The molecular weight excluding hydrogens is 230 g/mol. The summed E-state index contributed by atoms with van der Waals surface area (Å²) >= 11 is 0. The van der Waals surface area contributed by atoms with Crippen LogP contribution in [0, 0.1) is 13.8 Å². The number of aryl methyl sites for hydroxylation is 2. The fourth-order valence-corrected chi connectivity index (χ4v) is 1.67. The van der Waals surface area contributed by atoms with Crippen molar-refractivity contribution < 1.29 is 9.32 Å². The van der Waals surface area contributed by atoms with Gasteiger partial charge in [-0.25, -0.2) is 0 Å². The molecule has 0 atom stereocenters. The van der Waals surface area contributed by atoms with Crippen LogP contribution in [0.1, 0.15) is 43.7 Å². The van der Waals surface area contributed by atoms with Crippen LogP contribution in [0.5, 0.6) is 0 Å². The number of hydrogen-bond donors (Lipinski definition) is 2. The maximum atomic E-state index is 11.6. The van der Waals surface area contributed by atoms with Gasteiger partial charge in [0.25, 0.3) is 0 Å². The predicted molar refractivity (Wildman–Crippen MR) is 70.2 cm³/mol. The number of nitrogens with zero attached hydrogens (tertiary/aromatic N) is 1. The molecule has 0 aliphatic carbocycles. The lowest BCUT2D eigenvalue weighted by atomic mass is 10.2. The summed E-state index contributed by atoms with van der Waals surface area (Å²) in [6.45, 7) is 9.29. The van der Waals surface area contributed by atoms with Gasteiger partial charge >= 0.3 is 0 Å². The van der Waals surface area contributed by atoms with Gasteiger partial charge in [0.2, 0.25) is 5.91 Å². The highest BCUT2D eigenvalue weighted by Crippen LogP contribution is 2.11. The van der Waals surface area contributed by atoms with Crippen LogP contribution in [0.15, 0.2) is 4.52 Å². The third-order valence-corrected chi connectivity index (χ3v) is 2.78. The molecule has 5 heteroatoms. The largest absolute Gasteiger partial charge is 0.361 e. The van der Waals surface area contributed by atoms with E-state index in [4.69, 9.17) is 4.52 Å². The molecule has 0 aliphatic heterocycles. The van der Waals surface area contributed by atoms with Crippen LogP contribution in [-0.4, -0.2) is 23.7 Å². The van der Waals surface area contributed by atoms with Gasteiger partial charge in [-0.2, -0.15) is 0 Å². The molecule has 1 heterocycles. The molecule has 1 amide bonds. The van der Waals surface area contributed by atoms with E-state index >= 15 is 0 Å². The van der Waals surface area contributed by atoms with Crippen molar-refractivity contribution in [3.8, 4) is 0 Å². The molecule has 0 saturated carbocycles. The zero-order valence-corrected chi connectivity index (χ0v) is 11.7. The Labute approximate surface area is 108 Å². The first-order chi connectivity index (χ1) is 8.50. The van der Waals surface area contributed by atoms with Crippen LogP contribution in [0.4, 0.5) is 0 Å². The van der Waals surface area contributed by atoms with E-state index in [0.29, 0.717) is 19.0 Å². The second kappa shape index (κ2) is 7.16. The minimum atomic E-state index is 0.0700. The highest BCUT2D eigenvalue weighted by Gasteiger charge is 2.09. The molecule has 0 radical (unpaired) electrons. The van der Waals surface area contributed by atoms with Crippen molar-refractivity contribution in [2.24, 2.45) is 0 Å². The van der Waals surface area contributed by atoms with E-state index in [1.54, 1.807) is 0 Å². The van der Waals surface area contributed by atoms with Gasteiger partial charge in [0, 0.05) is 24.6 Å². The smallest absolute Gasteiger partial charge is 0.220 e. The van der Waals surface area contributed by atoms with Crippen molar-refractivity contribution in [1.29, 1.82) is 0 Å². The number of rotatable bonds is 7. The van der Waals surface area contributed by atoms with Crippen molar-refractivity contribution in [3.05, 3.63) is 17.0 Å². The van der Waals surface area contributed by atoms with Crippen molar-refractivity contribution in [1.82, 2.24) is 15.8 Å². The Bertz CT molecular complexity index is 366. The lowest BCUT2D eigenvalue weighted by Gasteiger charge is -2.08. The summed E-state index contributed by atoms with van der Waals surface area (Å²) in [5.74, 6) is 0.842. The van der Waals surface area contributed by atoms with Crippen LogP contribution in [0.2, 0.25) is 0 Å². The Hall–Kier alpha value is -1.36. The van der Waals surface area contributed by atoms with Crippen LogP contribution in [0.3, 0.4) is 0 Å². The molecule has 0 spiro atoms. The molecule has 18 heavy (non-hydrogen) atoms. The quantitative estimate of drug-likeness (QED) is 0.726. The molecule has 0 unspecified atom stereocenters. The van der Waals surface area contributed by atoms with Crippen molar-refractivity contribution in [2.75, 3.05) is 6.54 Å². The van der Waals surface area contributed by atoms with Crippen LogP contribution in [0.25, 0.3) is 0 Å². The fraction of sp³-hybridized carbons (Fsp3) is 0.692. The molecule has 1 rings (SSSR count). The number of aromatic nitrogens is 1. The monoisotopic (exact) mass is 253 g/mol. The van der Waals surface area contributed by atoms with Gasteiger partial charge in [-0.3, -0.25) is 4.79 Å². The van der Waals surface area contributed by atoms with Crippen LogP contribution in [-0.2, 0) is 11.3 Å². The maximum Gasteiger partial charge on any atom is 0.220 e. The van der Waals surface area contributed by atoms with Crippen molar-refractivity contribution >= 4 is 5.91 Å². The summed E-state index contributed by atoms with van der Waals surface area (Å²) in [7, 11) is 0. The van der Waals surface area contributed by atoms with Crippen LogP contribution < -0.4 is 10.6 Å². The summed E-state index contributed by atoms with van der Waals surface area (Å²) < 4.78 is 5.04. The van der Waals surface area contributed by atoms with Crippen molar-refractivity contribution in [2.45, 2.75) is 53.1 Å². The van der Waals surface area contributed by atoms with E-state index in [9.17, 15) is 4.79 Å². The SMILES string of the molecule is Cc1noc(C)c1CNC(=O)CCCNC(C)C. The minimum absolute atomic E-state index is 0.0700.